The smallest absolute Gasteiger partial charge is 0.309 e. The molecule has 0 aromatic heterocycles. The summed E-state index contributed by atoms with van der Waals surface area (Å²) in [4.78, 5) is 10.8. The molecule has 0 unspecified atom stereocenters. The van der Waals surface area contributed by atoms with E-state index in [0.29, 0.717) is 19.6 Å². The van der Waals surface area contributed by atoms with Gasteiger partial charge in [0, 0.05) is 13.2 Å². The number of carbonyl (C=O) groups is 1. The molecular weight excluding hydrogens is 192 g/mol. The monoisotopic (exact) mass is 216 g/mol. The third-order valence-corrected chi connectivity index (χ3v) is 2.45. The van der Waals surface area contributed by atoms with Gasteiger partial charge in [0.2, 0.25) is 0 Å². The first-order chi connectivity index (χ1) is 6.65. The summed E-state index contributed by atoms with van der Waals surface area (Å²) in [7, 11) is 0. The predicted octanol–water partition coefficient (Wildman–Crippen LogP) is 2.94. The summed E-state index contributed by atoms with van der Waals surface area (Å²) < 4.78 is 5.43. The van der Waals surface area contributed by atoms with Gasteiger partial charge >= 0.3 is 5.97 Å². The molecule has 3 heteroatoms. The Bertz CT molecular complexity index is 201. The van der Waals surface area contributed by atoms with Crippen LogP contribution in [0.5, 0.6) is 0 Å². The Morgan fingerprint density at radius 3 is 1.93 bits per heavy atom. The molecule has 0 spiro atoms. The lowest BCUT2D eigenvalue weighted by Crippen LogP contribution is -2.25. The van der Waals surface area contributed by atoms with Crippen LogP contribution in [0, 0.1) is 10.8 Å². The van der Waals surface area contributed by atoms with Gasteiger partial charge in [-0.15, -0.1) is 0 Å². The third kappa shape index (κ3) is 7.37. The first-order valence-corrected chi connectivity index (χ1v) is 5.46. The Morgan fingerprint density at radius 1 is 1.07 bits per heavy atom. The van der Waals surface area contributed by atoms with Gasteiger partial charge < -0.3 is 9.84 Å². The average Bonchev–Trinajstić information content (AvgIpc) is 2.00. The van der Waals surface area contributed by atoms with E-state index in [9.17, 15) is 4.79 Å². The molecule has 0 aliphatic carbocycles. The van der Waals surface area contributed by atoms with Crippen molar-refractivity contribution in [1.29, 1.82) is 0 Å². The van der Waals surface area contributed by atoms with Gasteiger partial charge in [-0.05, 0) is 32.1 Å². The minimum absolute atomic E-state index is 0.280. The number of hydrogen-bond donors (Lipinski definition) is 1. The zero-order valence-electron chi connectivity index (χ0n) is 10.6. The lowest BCUT2D eigenvalue weighted by molar-refractivity contribution is -0.148. The van der Waals surface area contributed by atoms with E-state index in [2.05, 4.69) is 20.8 Å². The Morgan fingerprint density at radius 2 is 1.53 bits per heavy atom. The van der Waals surface area contributed by atoms with Gasteiger partial charge in [-0.3, -0.25) is 4.79 Å². The highest BCUT2D eigenvalue weighted by molar-refractivity contribution is 5.73. The molecule has 1 N–H and O–H groups in total. The fraction of sp³-hybridized carbons (Fsp3) is 0.917. The topological polar surface area (TPSA) is 46.5 Å². The van der Waals surface area contributed by atoms with Crippen molar-refractivity contribution in [1.82, 2.24) is 0 Å². The maximum atomic E-state index is 10.8. The first-order valence-electron chi connectivity index (χ1n) is 5.46. The van der Waals surface area contributed by atoms with E-state index in [1.807, 2.05) is 0 Å². The van der Waals surface area contributed by atoms with Crippen molar-refractivity contribution in [2.45, 2.75) is 47.5 Å². The van der Waals surface area contributed by atoms with Crippen LogP contribution in [-0.4, -0.2) is 24.3 Å². The second-order valence-corrected chi connectivity index (χ2v) is 5.86. The van der Waals surface area contributed by atoms with Gasteiger partial charge in [0.05, 0.1) is 5.41 Å². The maximum Gasteiger partial charge on any atom is 0.309 e. The molecule has 3 nitrogen and oxygen atoms in total. The zero-order valence-corrected chi connectivity index (χ0v) is 10.6. The van der Waals surface area contributed by atoms with Crippen LogP contribution in [-0.2, 0) is 9.53 Å². The summed E-state index contributed by atoms with van der Waals surface area (Å²) in [6.45, 7) is 11.2. The van der Waals surface area contributed by atoms with Gasteiger partial charge in [0.1, 0.15) is 0 Å². The van der Waals surface area contributed by atoms with Crippen molar-refractivity contribution in [3.63, 3.8) is 0 Å². The van der Waals surface area contributed by atoms with Gasteiger partial charge in [-0.25, -0.2) is 0 Å². The maximum absolute atomic E-state index is 10.8. The Balaban J connectivity index is 3.60. The minimum Gasteiger partial charge on any atom is -0.481 e. The summed E-state index contributed by atoms with van der Waals surface area (Å²) in [6.07, 6.45) is 1.56. The Kier molecular flexibility index (Phi) is 5.29. The van der Waals surface area contributed by atoms with Crippen LogP contribution in [0.15, 0.2) is 0 Å². The fourth-order valence-electron chi connectivity index (χ4n) is 0.915. The number of ether oxygens (including phenoxy) is 1. The van der Waals surface area contributed by atoms with Crippen molar-refractivity contribution in [2.24, 2.45) is 10.8 Å². The molecule has 0 radical (unpaired) electrons. The SMILES string of the molecule is CC(C)(C)CCOCCC(C)(C)C(=O)O. The van der Waals surface area contributed by atoms with Crippen LogP contribution >= 0.6 is 0 Å². The van der Waals surface area contributed by atoms with Crippen LogP contribution in [0.25, 0.3) is 0 Å². The van der Waals surface area contributed by atoms with Gasteiger partial charge in [0.25, 0.3) is 0 Å². The van der Waals surface area contributed by atoms with Gasteiger partial charge in [-0.1, -0.05) is 20.8 Å². The Hall–Kier alpha value is -0.570. The largest absolute Gasteiger partial charge is 0.481 e. The second-order valence-electron chi connectivity index (χ2n) is 5.86. The van der Waals surface area contributed by atoms with Crippen LogP contribution in [0.4, 0.5) is 0 Å². The second kappa shape index (κ2) is 5.50. The van der Waals surface area contributed by atoms with Gasteiger partial charge in [0.15, 0.2) is 0 Å². The fourth-order valence-corrected chi connectivity index (χ4v) is 0.915. The molecule has 15 heavy (non-hydrogen) atoms. The van der Waals surface area contributed by atoms with Crippen LogP contribution in [0.3, 0.4) is 0 Å². The van der Waals surface area contributed by atoms with Gasteiger partial charge in [-0.2, -0.15) is 0 Å². The van der Waals surface area contributed by atoms with E-state index in [4.69, 9.17) is 9.84 Å². The van der Waals surface area contributed by atoms with Crippen molar-refractivity contribution in [2.75, 3.05) is 13.2 Å². The molecule has 0 aliphatic rings. The molecule has 0 aromatic rings. The molecule has 0 atom stereocenters. The van der Waals surface area contributed by atoms with E-state index in [1.54, 1.807) is 13.8 Å². The lowest BCUT2D eigenvalue weighted by atomic mass is 9.90. The van der Waals surface area contributed by atoms with E-state index < -0.39 is 11.4 Å². The number of aliphatic carboxylic acids is 1. The highest BCUT2D eigenvalue weighted by atomic mass is 16.5. The van der Waals surface area contributed by atoms with Crippen molar-refractivity contribution < 1.29 is 14.6 Å². The molecular formula is C12H24O3. The van der Waals surface area contributed by atoms with Crippen molar-refractivity contribution >= 4 is 5.97 Å². The van der Waals surface area contributed by atoms with E-state index in [-0.39, 0.29) is 5.41 Å². The molecule has 0 amide bonds. The molecule has 0 saturated heterocycles. The number of rotatable bonds is 6. The zero-order chi connectivity index (χ0) is 12.1. The molecule has 90 valence electrons. The molecule has 0 aliphatic heterocycles. The molecule has 0 aromatic carbocycles. The van der Waals surface area contributed by atoms with Crippen molar-refractivity contribution in [3.8, 4) is 0 Å². The summed E-state index contributed by atoms with van der Waals surface area (Å²) in [5, 5.41) is 8.87. The average molecular weight is 216 g/mol. The van der Waals surface area contributed by atoms with Crippen LogP contribution < -0.4 is 0 Å². The highest BCUT2D eigenvalue weighted by Crippen LogP contribution is 2.21. The lowest BCUT2D eigenvalue weighted by Gasteiger charge is -2.20. The molecule has 0 rings (SSSR count). The quantitative estimate of drug-likeness (QED) is 0.694. The Labute approximate surface area is 92.8 Å². The van der Waals surface area contributed by atoms with E-state index in [0.717, 1.165) is 6.42 Å². The minimum atomic E-state index is -0.762. The third-order valence-electron chi connectivity index (χ3n) is 2.45. The molecule has 0 bridgehead atoms. The molecule has 0 saturated carbocycles. The first kappa shape index (κ1) is 14.4. The van der Waals surface area contributed by atoms with E-state index >= 15 is 0 Å². The molecule has 0 fully saturated rings. The van der Waals surface area contributed by atoms with Crippen LogP contribution in [0.1, 0.15) is 47.5 Å². The summed E-state index contributed by atoms with van der Waals surface area (Å²) >= 11 is 0. The van der Waals surface area contributed by atoms with Crippen LogP contribution in [0.2, 0.25) is 0 Å². The van der Waals surface area contributed by atoms with Crippen molar-refractivity contribution in [3.05, 3.63) is 0 Å². The summed E-state index contributed by atoms with van der Waals surface area (Å²) in [6, 6.07) is 0. The summed E-state index contributed by atoms with van der Waals surface area (Å²) in [5.74, 6) is -0.762. The number of carboxylic acids is 1. The number of hydrogen-bond acceptors (Lipinski definition) is 2. The molecule has 0 heterocycles. The standard InChI is InChI=1S/C12H24O3/c1-11(2,3)6-8-15-9-7-12(4,5)10(13)14/h6-9H2,1-5H3,(H,13,14). The summed E-state index contributed by atoms with van der Waals surface area (Å²) in [5.41, 5.74) is -0.399. The highest BCUT2D eigenvalue weighted by Gasteiger charge is 2.26. The normalized spacial score (nSPS) is 12.9. The number of carboxylic acid groups (broad SMARTS) is 1. The predicted molar refractivity (Wildman–Crippen MR) is 60.9 cm³/mol. The van der Waals surface area contributed by atoms with E-state index in [1.165, 1.54) is 0 Å².